The quantitative estimate of drug-likeness (QED) is 0.762. The van der Waals surface area contributed by atoms with Gasteiger partial charge < -0.3 is 15.7 Å². The summed E-state index contributed by atoms with van der Waals surface area (Å²) in [7, 11) is 0. The second kappa shape index (κ2) is 4.99. The molecule has 3 N–H and O–H groups in total. The molecule has 1 aliphatic rings. The zero-order valence-electron chi connectivity index (χ0n) is 10.5. The van der Waals surface area contributed by atoms with Gasteiger partial charge in [0.2, 0.25) is 0 Å². The molecule has 4 heteroatoms. The Bertz CT molecular complexity index is 607. The minimum atomic E-state index is -0.815. The number of hydrogen-bond donors (Lipinski definition) is 3. The van der Waals surface area contributed by atoms with Crippen LogP contribution in [0.3, 0.4) is 0 Å². The van der Waals surface area contributed by atoms with E-state index in [1.807, 2.05) is 42.5 Å². The highest BCUT2D eigenvalue weighted by atomic mass is 16.4. The first-order valence-electron chi connectivity index (χ1n) is 6.44. The molecule has 98 valence electrons. The lowest BCUT2D eigenvalue weighted by Gasteiger charge is -2.32. The summed E-state index contributed by atoms with van der Waals surface area (Å²) in [6.45, 7) is 1.45. The fraction of sp³-hybridized carbons (Fsp3) is 0.267. The van der Waals surface area contributed by atoms with Gasteiger partial charge >= 0.3 is 5.97 Å². The first-order valence-corrected chi connectivity index (χ1v) is 6.44. The molecule has 2 atom stereocenters. The van der Waals surface area contributed by atoms with Gasteiger partial charge in [0.25, 0.3) is 0 Å². The van der Waals surface area contributed by atoms with E-state index in [4.69, 9.17) is 0 Å². The Morgan fingerprint density at radius 3 is 2.63 bits per heavy atom. The standard InChI is InChI=1S/C15H16N2O2/c18-15(19)14-13(16-8-9-17-14)12-7-3-5-10-4-1-2-6-11(10)12/h1-7,13-14,16-17H,8-9H2,(H,18,19). The summed E-state index contributed by atoms with van der Waals surface area (Å²) in [5, 5.41) is 18.0. The van der Waals surface area contributed by atoms with E-state index in [9.17, 15) is 9.90 Å². The van der Waals surface area contributed by atoms with Crippen molar-refractivity contribution in [3.8, 4) is 0 Å². The highest BCUT2D eigenvalue weighted by molar-refractivity contribution is 5.87. The van der Waals surface area contributed by atoms with E-state index in [1.165, 1.54) is 0 Å². The van der Waals surface area contributed by atoms with Gasteiger partial charge in [-0.25, -0.2) is 0 Å². The summed E-state index contributed by atoms with van der Waals surface area (Å²) >= 11 is 0. The van der Waals surface area contributed by atoms with Crippen LogP contribution in [0, 0.1) is 0 Å². The average Bonchev–Trinajstić information content (AvgIpc) is 2.46. The van der Waals surface area contributed by atoms with Crippen LogP contribution in [-0.4, -0.2) is 30.2 Å². The Morgan fingerprint density at radius 2 is 1.79 bits per heavy atom. The van der Waals surface area contributed by atoms with E-state index in [-0.39, 0.29) is 6.04 Å². The molecule has 0 spiro atoms. The molecule has 19 heavy (non-hydrogen) atoms. The van der Waals surface area contributed by atoms with Crippen LogP contribution in [0.15, 0.2) is 42.5 Å². The van der Waals surface area contributed by atoms with Crippen LogP contribution in [0.1, 0.15) is 11.6 Å². The lowest BCUT2D eigenvalue weighted by Crippen LogP contribution is -2.54. The largest absolute Gasteiger partial charge is 0.480 e. The number of piperazine rings is 1. The number of benzene rings is 2. The first kappa shape index (κ1) is 12.1. The molecule has 1 fully saturated rings. The molecule has 0 radical (unpaired) electrons. The van der Waals surface area contributed by atoms with E-state index < -0.39 is 12.0 Å². The van der Waals surface area contributed by atoms with Crippen molar-refractivity contribution in [2.75, 3.05) is 13.1 Å². The number of rotatable bonds is 2. The number of nitrogens with one attached hydrogen (secondary N) is 2. The van der Waals surface area contributed by atoms with Crippen LogP contribution >= 0.6 is 0 Å². The smallest absolute Gasteiger partial charge is 0.322 e. The maximum atomic E-state index is 11.4. The Hall–Kier alpha value is -1.91. The van der Waals surface area contributed by atoms with Gasteiger partial charge in [0.15, 0.2) is 0 Å². The van der Waals surface area contributed by atoms with Gasteiger partial charge in [-0.3, -0.25) is 4.79 Å². The minimum absolute atomic E-state index is 0.197. The van der Waals surface area contributed by atoms with E-state index in [2.05, 4.69) is 10.6 Å². The highest BCUT2D eigenvalue weighted by Crippen LogP contribution is 2.27. The van der Waals surface area contributed by atoms with E-state index in [0.29, 0.717) is 6.54 Å². The number of carboxylic acid groups (broad SMARTS) is 1. The molecule has 2 aromatic rings. The second-order valence-electron chi connectivity index (χ2n) is 4.77. The predicted octanol–water partition coefficient (Wildman–Crippen LogP) is 1.53. The zero-order valence-corrected chi connectivity index (χ0v) is 10.5. The maximum Gasteiger partial charge on any atom is 0.322 e. The molecular formula is C15H16N2O2. The number of carboxylic acids is 1. The fourth-order valence-electron chi connectivity index (χ4n) is 2.73. The van der Waals surface area contributed by atoms with Crippen LogP contribution in [0.5, 0.6) is 0 Å². The Labute approximate surface area is 111 Å². The van der Waals surface area contributed by atoms with Crippen molar-refractivity contribution in [1.82, 2.24) is 10.6 Å². The summed E-state index contributed by atoms with van der Waals surface area (Å²) in [5.74, 6) is -0.815. The maximum absolute atomic E-state index is 11.4. The molecule has 0 aliphatic carbocycles. The minimum Gasteiger partial charge on any atom is -0.480 e. The van der Waals surface area contributed by atoms with E-state index in [0.717, 1.165) is 22.9 Å². The van der Waals surface area contributed by atoms with Gasteiger partial charge in [-0.15, -0.1) is 0 Å². The molecule has 1 saturated heterocycles. The molecular weight excluding hydrogens is 240 g/mol. The SMILES string of the molecule is O=C(O)C1NCCNC1c1cccc2ccccc12. The first-order chi connectivity index (χ1) is 9.27. The van der Waals surface area contributed by atoms with Crippen LogP contribution in [-0.2, 0) is 4.79 Å². The van der Waals surface area contributed by atoms with E-state index >= 15 is 0 Å². The molecule has 3 rings (SSSR count). The van der Waals surface area contributed by atoms with Crippen LogP contribution in [0.25, 0.3) is 10.8 Å². The van der Waals surface area contributed by atoms with Crippen molar-refractivity contribution in [3.63, 3.8) is 0 Å². The number of fused-ring (bicyclic) bond motifs is 1. The summed E-state index contributed by atoms with van der Waals surface area (Å²) < 4.78 is 0. The predicted molar refractivity (Wildman–Crippen MR) is 74.1 cm³/mol. The number of carbonyl (C=O) groups is 1. The average molecular weight is 256 g/mol. The lowest BCUT2D eigenvalue weighted by atomic mass is 9.92. The molecule has 2 unspecified atom stereocenters. The molecule has 2 aromatic carbocycles. The number of hydrogen-bond acceptors (Lipinski definition) is 3. The normalized spacial score (nSPS) is 23.4. The van der Waals surface area contributed by atoms with Crippen LogP contribution < -0.4 is 10.6 Å². The summed E-state index contributed by atoms with van der Waals surface area (Å²) in [6.07, 6.45) is 0. The molecule has 1 heterocycles. The van der Waals surface area contributed by atoms with Gasteiger partial charge in [0, 0.05) is 13.1 Å². The highest BCUT2D eigenvalue weighted by Gasteiger charge is 2.32. The molecule has 0 saturated carbocycles. The molecule has 0 bridgehead atoms. The zero-order chi connectivity index (χ0) is 13.2. The van der Waals surface area contributed by atoms with Crippen molar-refractivity contribution in [1.29, 1.82) is 0 Å². The number of aliphatic carboxylic acids is 1. The summed E-state index contributed by atoms with van der Waals surface area (Å²) in [5.41, 5.74) is 1.04. The fourth-order valence-corrected chi connectivity index (χ4v) is 2.73. The van der Waals surface area contributed by atoms with Gasteiger partial charge in [-0.05, 0) is 16.3 Å². The molecule has 4 nitrogen and oxygen atoms in total. The third-order valence-electron chi connectivity index (χ3n) is 3.61. The monoisotopic (exact) mass is 256 g/mol. The van der Waals surface area contributed by atoms with E-state index in [1.54, 1.807) is 0 Å². The van der Waals surface area contributed by atoms with Crippen molar-refractivity contribution < 1.29 is 9.90 Å². The van der Waals surface area contributed by atoms with Crippen LogP contribution in [0.2, 0.25) is 0 Å². The van der Waals surface area contributed by atoms with Gasteiger partial charge in [0.1, 0.15) is 6.04 Å². The molecule has 0 aromatic heterocycles. The van der Waals surface area contributed by atoms with Gasteiger partial charge in [-0.2, -0.15) is 0 Å². The molecule has 1 aliphatic heterocycles. The summed E-state index contributed by atoms with van der Waals surface area (Å²) in [6, 6.07) is 13.3. The van der Waals surface area contributed by atoms with Crippen molar-refractivity contribution in [2.24, 2.45) is 0 Å². The van der Waals surface area contributed by atoms with Crippen molar-refractivity contribution in [2.45, 2.75) is 12.1 Å². The van der Waals surface area contributed by atoms with Crippen molar-refractivity contribution >= 4 is 16.7 Å². The Balaban J connectivity index is 2.09. The third-order valence-corrected chi connectivity index (χ3v) is 3.61. The third kappa shape index (κ3) is 2.20. The van der Waals surface area contributed by atoms with Crippen LogP contribution in [0.4, 0.5) is 0 Å². The van der Waals surface area contributed by atoms with Gasteiger partial charge in [0.05, 0.1) is 6.04 Å². The molecule has 0 amide bonds. The summed E-state index contributed by atoms with van der Waals surface area (Å²) in [4.78, 5) is 11.4. The topological polar surface area (TPSA) is 61.4 Å². The van der Waals surface area contributed by atoms with Gasteiger partial charge in [-0.1, -0.05) is 42.5 Å². The Morgan fingerprint density at radius 1 is 1.05 bits per heavy atom. The second-order valence-corrected chi connectivity index (χ2v) is 4.77. The Kier molecular flexibility index (Phi) is 3.19. The van der Waals surface area contributed by atoms with Crippen molar-refractivity contribution in [3.05, 3.63) is 48.0 Å². The lowest BCUT2D eigenvalue weighted by molar-refractivity contribution is -0.140.